The summed E-state index contributed by atoms with van der Waals surface area (Å²) in [6.07, 6.45) is 0. The predicted octanol–water partition coefficient (Wildman–Crippen LogP) is 16.5. The molecule has 0 amide bonds. The summed E-state index contributed by atoms with van der Waals surface area (Å²) in [6, 6.07) is 88.3. The van der Waals surface area contributed by atoms with Gasteiger partial charge in [-0.25, -0.2) is 0 Å². The predicted molar refractivity (Wildman–Crippen MR) is 265 cm³/mol. The Kier molecular flexibility index (Phi) is 8.13. The van der Waals surface area contributed by atoms with Crippen molar-refractivity contribution in [3.05, 3.63) is 265 Å². The fraction of sp³-hybridized carbons (Fsp3) is 0.0164. The number of para-hydroxylation sites is 4. The molecule has 1 aromatic heterocycles. The number of furan rings is 1. The van der Waals surface area contributed by atoms with E-state index in [1.165, 1.54) is 44.5 Å². The molecule has 2 aliphatic rings. The van der Waals surface area contributed by atoms with Crippen LogP contribution in [0.5, 0.6) is 0 Å². The van der Waals surface area contributed by atoms with Gasteiger partial charge in [0.2, 0.25) is 0 Å². The highest BCUT2D eigenvalue weighted by molar-refractivity contribution is 6.14. The number of rotatable bonds is 7. The minimum atomic E-state index is -0.595. The van der Waals surface area contributed by atoms with Crippen LogP contribution >= 0.6 is 0 Å². The molecule has 11 aromatic rings. The Morgan fingerprint density at radius 3 is 1.41 bits per heavy atom. The SMILES string of the molecule is c1ccc(-c2ccccc2N(c2ccc3c(c2)C2(c4ccccc4-c4ccc(N(c5ccccc5)c5ccccc5)cc42)c2ccccc2-3)c2cccc3oc4ccccc4c23)cc1. The molecule has 0 fully saturated rings. The maximum Gasteiger partial charge on any atom is 0.137 e. The van der Waals surface area contributed by atoms with E-state index in [2.05, 4.69) is 246 Å². The van der Waals surface area contributed by atoms with Crippen LogP contribution in [-0.2, 0) is 5.41 Å². The van der Waals surface area contributed by atoms with E-state index in [-0.39, 0.29) is 0 Å². The van der Waals surface area contributed by atoms with E-state index in [0.29, 0.717) is 0 Å². The maximum atomic E-state index is 6.56. The van der Waals surface area contributed by atoms with Gasteiger partial charge in [-0.2, -0.15) is 0 Å². The lowest BCUT2D eigenvalue weighted by Crippen LogP contribution is -2.26. The highest BCUT2D eigenvalue weighted by Gasteiger charge is 2.52. The van der Waals surface area contributed by atoms with Gasteiger partial charge in [-0.3, -0.25) is 0 Å². The lowest BCUT2D eigenvalue weighted by atomic mass is 9.70. The van der Waals surface area contributed by atoms with Crippen molar-refractivity contribution in [2.45, 2.75) is 5.41 Å². The van der Waals surface area contributed by atoms with Crippen molar-refractivity contribution in [1.29, 1.82) is 0 Å². The number of nitrogens with zero attached hydrogens (tertiary/aromatic N) is 2. The van der Waals surface area contributed by atoms with Gasteiger partial charge in [-0.15, -0.1) is 0 Å². The summed E-state index contributed by atoms with van der Waals surface area (Å²) in [5.74, 6) is 0. The Labute approximate surface area is 372 Å². The molecule has 1 unspecified atom stereocenters. The molecule has 1 spiro atoms. The van der Waals surface area contributed by atoms with Crippen LogP contribution in [0.3, 0.4) is 0 Å². The molecule has 13 rings (SSSR count). The second-order valence-corrected chi connectivity index (χ2v) is 16.8. The third-order valence-corrected chi connectivity index (χ3v) is 13.5. The molecule has 1 heterocycles. The Morgan fingerprint density at radius 1 is 0.297 bits per heavy atom. The molecule has 3 heteroatoms. The van der Waals surface area contributed by atoms with Crippen LogP contribution in [0.15, 0.2) is 247 Å². The highest BCUT2D eigenvalue weighted by atomic mass is 16.3. The van der Waals surface area contributed by atoms with Crippen LogP contribution in [0, 0.1) is 0 Å². The molecule has 0 radical (unpaired) electrons. The van der Waals surface area contributed by atoms with Crippen LogP contribution in [0.25, 0.3) is 55.3 Å². The van der Waals surface area contributed by atoms with Crippen molar-refractivity contribution >= 4 is 56.1 Å². The average Bonchev–Trinajstić information content (AvgIpc) is 3.99. The molecule has 0 saturated carbocycles. The van der Waals surface area contributed by atoms with E-state index in [1.807, 2.05) is 6.07 Å². The minimum absolute atomic E-state index is 0.595. The van der Waals surface area contributed by atoms with E-state index < -0.39 is 5.41 Å². The van der Waals surface area contributed by atoms with Crippen LogP contribution in [0.2, 0.25) is 0 Å². The van der Waals surface area contributed by atoms with E-state index in [0.717, 1.165) is 67.2 Å². The normalized spacial score (nSPS) is 14.3. The smallest absolute Gasteiger partial charge is 0.137 e. The van der Waals surface area contributed by atoms with Crippen molar-refractivity contribution in [3.8, 4) is 33.4 Å². The zero-order valence-electron chi connectivity index (χ0n) is 34.9. The fourth-order valence-corrected chi connectivity index (χ4v) is 10.9. The minimum Gasteiger partial charge on any atom is -0.456 e. The first-order chi connectivity index (χ1) is 31.8. The van der Waals surface area contributed by atoms with E-state index >= 15 is 0 Å². The summed E-state index contributed by atoms with van der Waals surface area (Å²) in [4.78, 5) is 4.85. The molecule has 10 aromatic carbocycles. The van der Waals surface area contributed by atoms with Crippen molar-refractivity contribution < 1.29 is 4.42 Å². The third-order valence-electron chi connectivity index (χ3n) is 13.5. The van der Waals surface area contributed by atoms with Gasteiger partial charge in [0.15, 0.2) is 0 Å². The number of hydrogen-bond acceptors (Lipinski definition) is 3. The van der Waals surface area contributed by atoms with E-state index in [4.69, 9.17) is 4.42 Å². The lowest BCUT2D eigenvalue weighted by Gasteiger charge is -2.34. The van der Waals surface area contributed by atoms with Gasteiger partial charge < -0.3 is 14.2 Å². The van der Waals surface area contributed by atoms with Gasteiger partial charge in [0.05, 0.1) is 22.2 Å². The van der Waals surface area contributed by atoms with Crippen LogP contribution in [-0.4, -0.2) is 0 Å². The molecular formula is C61H40N2O. The maximum absolute atomic E-state index is 6.56. The quantitative estimate of drug-likeness (QED) is 0.160. The second kappa shape index (κ2) is 14.3. The molecule has 2 aliphatic carbocycles. The average molecular weight is 817 g/mol. The Hall–Kier alpha value is -8.40. The summed E-state index contributed by atoms with van der Waals surface area (Å²) in [5, 5.41) is 2.18. The number of anilines is 6. The van der Waals surface area contributed by atoms with E-state index in [1.54, 1.807) is 0 Å². The largest absolute Gasteiger partial charge is 0.456 e. The number of fused-ring (bicyclic) bond motifs is 13. The van der Waals surface area contributed by atoms with E-state index in [9.17, 15) is 0 Å². The molecule has 0 N–H and O–H groups in total. The first-order valence-corrected chi connectivity index (χ1v) is 22.0. The van der Waals surface area contributed by atoms with Crippen molar-refractivity contribution in [3.63, 3.8) is 0 Å². The van der Waals surface area contributed by atoms with Gasteiger partial charge in [0.1, 0.15) is 11.2 Å². The third kappa shape index (κ3) is 5.28. The van der Waals surface area contributed by atoms with Gasteiger partial charge in [0.25, 0.3) is 0 Å². The summed E-state index contributed by atoms with van der Waals surface area (Å²) >= 11 is 0. The second-order valence-electron chi connectivity index (χ2n) is 16.8. The van der Waals surface area contributed by atoms with Crippen LogP contribution < -0.4 is 9.80 Å². The van der Waals surface area contributed by atoms with Gasteiger partial charge in [0, 0.05) is 33.7 Å². The first-order valence-electron chi connectivity index (χ1n) is 22.0. The van der Waals surface area contributed by atoms with Gasteiger partial charge in [-0.05, 0) is 123 Å². The number of benzene rings is 10. The zero-order valence-corrected chi connectivity index (χ0v) is 34.9. The highest BCUT2D eigenvalue weighted by Crippen LogP contribution is 2.64. The first kappa shape index (κ1) is 36.3. The van der Waals surface area contributed by atoms with Crippen molar-refractivity contribution in [1.82, 2.24) is 0 Å². The molecule has 64 heavy (non-hydrogen) atoms. The van der Waals surface area contributed by atoms with Gasteiger partial charge >= 0.3 is 0 Å². The fourth-order valence-electron chi connectivity index (χ4n) is 10.9. The molecule has 3 nitrogen and oxygen atoms in total. The summed E-state index contributed by atoms with van der Waals surface area (Å²) in [7, 11) is 0. The molecule has 0 saturated heterocycles. The molecule has 1 atom stereocenters. The monoisotopic (exact) mass is 816 g/mol. The van der Waals surface area contributed by atoms with Crippen LogP contribution in [0.1, 0.15) is 22.3 Å². The Morgan fingerprint density at radius 2 is 0.766 bits per heavy atom. The van der Waals surface area contributed by atoms with Crippen molar-refractivity contribution in [2.75, 3.05) is 9.80 Å². The Balaban J connectivity index is 1.11. The van der Waals surface area contributed by atoms with Crippen LogP contribution in [0.4, 0.5) is 34.1 Å². The molecule has 0 bridgehead atoms. The lowest BCUT2D eigenvalue weighted by molar-refractivity contribution is 0.669. The van der Waals surface area contributed by atoms with Crippen molar-refractivity contribution in [2.24, 2.45) is 0 Å². The summed E-state index contributed by atoms with van der Waals surface area (Å²) < 4.78 is 6.56. The molecule has 300 valence electrons. The molecule has 0 aliphatic heterocycles. The Bertz CT molecular complexity index is 3520. The van der Waals surface area contributed by atoms with Gasteiger partial charge in [-0.1, -0.05) is 170 Å². The summed E-state index contributed by atoms with van der Waals surface area (Å²) in [5.41, 5.74) is 20.2. The summed E-state index contributed by atoms with van der Waals surface area (Å²) in [6.45, 7) is 0. The zero-order chi connectivity index (χ0) is 42.2. The molecular weight excluding hydrogens is 777 g/mol. The standard InChI is InChI=1S/C61H40N2O/c1-4-19-41(20-5-1)46-25-12-16-31-56(46)63(57-32-18-34-59-60(57)51-28-13-17-33-58(51)64-59)45-36-38-50-48-27-11-15-30-53(48)61(55(50)40-45)52-29-14-10-26-47(52)49-37-35-44(39-54(49)61)62(42-21-6-2-7-22-42)43-23-8-3-9-24-43/h1-40H. The number of hydrogen-bond donors (Lipinski definition) is 0. The topological polar surface area (TPSA) is 19.6 Å².